The van der Waals surface area contributed by atoms with Crippen molar-refractivity contribution in [1.29, 1.82) is 0 Å². The topological polar surface area (TPSA) is 25.2 Å². The average Bonchev–Trinajstić information content (AvgIpc) is 2.85. The Hall–Kier alpha value is -0.710. The fourth-order valence-electron chi connectivity index (χ4n) is 1.61. The van der Waals surface area contributed by atoms with Gasteiger partial charge in [-0.05, 0) is 40.2 Å². The van der Waals surface area contributed by atoms with Crippen molar-refractivity contribution in [3.63, 3.8) is 0 Å². The van der Waals surface area contributed by atoms with Crippen LogP contribution in [0.2, 0.25) is 0 Å². The summed E-state index contributed by atoms with van der Waals surface area (Å²) in [5, 5.41) is 3.91. The molecule has 0 aliphatic rings. The number of nitrogens with one attached hydrogen (secondary N) is 1. The number of halogens is 1. The maximum atomic E-state index is 5.28. The summed E-state index contributed by atoms with van der Waals surface area (Å²) in [5.41, 5.74) is 0. The van der Waals surface area contributed by atoms with Crippen LogP contribution in [-0.2, 0) is 6.54 Å². The maximum absolute atomic E-state index is 5.28. The van der Waals surface area contributed by atoms with E-state index in [1.165, 1.54) is 4.90 Å². The molecular formula is C14H16BrNOS. The Labute approximate surface area is 120 Å². The molecular weight excluding hydrogens is 310 g/mol. The molecule has 4 heteroatoms. The second-order valence-corrected chi connectivity index (χ2v) is 6.40. The van der Waals surface area contributed by atoms with E-state index in [4.69, 9.17) is 4.42 Å². The van der Waals surface area contributed by atoms with E-state index >= 15 is 0 Å². The quantitative estimate of drug-likeness (QED) is 0.801. The van der Waals surface area contributed by atoms with Crippen LogP contribution >= 0.6 is 27.7 Å². The fraction of sp³-hybridized carbons (Fsp3) is 0.286. The molecule has 2 rings (SSSR count). The number of benzene rings is 1. The van der Waals surface area contributed by atoms with Crippen LogP contribution in [0.1, 0.15) is 12.7 Å². The second-order valence-electron chi connectivity index (χ2n) is 4.07. The zero-order valence-corrected chi connectivity index (χ0v) is 12.6. The van der Waals surface area contributed by atoms with Crippen LogP contribution in [0.3, 0.4) is 0 Å². The zero-order valence-electron chi connectivity index (χ0n) is 10.2. The first-order chi connectivity index (χ1) is 8.75. The molecule has 1 aromatic heterocycles. The Morgan fingerprint density at radius 3 is 2.83 bits per heavy atom. The van der Waals surface area contributed by atoms with Gasteiger partial charge in [0.25, 0.3) is 0 Å². The Bertz CT molecular complexity index is 472. The van der Waals surface area contributed by atoms with Gasteiger partial charge in [0.05, 0.1) is 12.8 Å². The smallest absolute Gasteiger partial charge is 0.117 e. The summed E-state index contributed by atoms with van der Waals surface area (Å²) in [6.45, 7) is 3.96. The minimum absolute atomic E-state index is 0.513. The number of hydrogen-bond donors (Lipinski definition) is 1. The molecule has 0 fully saturated rings. The van der Waals surface area contributed by atoms with Crippen LogP contribution in [-0.4, -0.2) is 11.8 Å². The molecule has 1 unspecified atom stereocenters. The molecule has 18 heavy (non-hydrogen) atoms. The van der Waals surface area contributed by atoms with Gasteiger partial charge < -0.3 is 9.73 Å². The molecule has 1 aromatic carbocycles. The van der Waals surface area contributed by atoms with Crippen LogP contribution in [0.15, 0.2) is 56.4 Å². The molecule has 0 aliphatic carbocycles. The molecule has 0 spiro atoms. The Morgan fingerprint density at radius 2 is 2.11 bits per heavy atom. The molecule has 0 saturated carbocycles. The van der Waals surface area contributed by atoms with Crippen molar-refractivity contribution in [3.8, 4) is 0 Å². The van der Waals surface area contributed by atoms with E-state index in [2.05, 4.69) is 46.4 Å². The summed E-state index contributed by atoms with van der Waals surface area (Å²) < 4.78 is 6.44. The lowest BCUT2D eigenvalue weighted by Gasteiger charge is -2.12. The zero-order chi connectivity index (χ0) is 12.8. The van der Waals surface area contributed by atoms with Crippen LogP contribution in [0.5, 0.6) is 0 Å². The molecule has 1 heterocycles. The molecule has 2 nitrogen and oxygen atoms in total. The predicted octanol–water partition coefficient (Wildman–Crippen LogP) is 4.31. The lowest BCUT2D eigenvalue weighted by Crippen LogP contribution is -2.22. The lowest BCUT2D eigenvalue weighted by molar-refractivity contribution is 0.484. The first-order valence-corrected chi connectivity index (χ1v) is 7.57. The van der Waals surface area contributed by atoms with Gasteiger partial charge in [0.15, 0.2) is 0 Å². The van der Waals surface area contributed by atoms with E-state index in [1.54, 1.807) is 6.26 Å². The van der Waals surface area contributed by atoms with Gasteiger partial charge in [0.1, 0.15) is 5.76 Å². The van der Waals surface area contributed by atoms with E-state index in [-0.39, 0.29) is 0 Å². The molecule has 2 aromatic rings. The maximum Gasteiger partial charge on any atom is 0.117 e. The number of furan rings is 1. The van der Waals surface area contributed by atoms with E-state index in [0.717, 1.165) is 23.3 Å². The van der Waals surface area contributed by atoms with Crippen molar-refractivity contribution < 1.29 is 4.42 Å². The summed E-state index contributed by atoms with van der Waals surface area (Å²) in [5.74, 6) is 0.980. The van der Waals surface area contributed by atoms with Crippen molar-refractivity contribution in [3.05, 3.63) is 52.9 Å². The molecule has 0 radical (unpaired) electrons. The van der Waals surface area contributed by atoms with Crippen LogP contribution in [0.4, 0.5) is 0 Å². The average molecular weight is 326 g/mol. The normalized spacial score (nSPS) is 12.6. The first-order valence-electron chi connectivity index (χ1n) is 5.90. The minimum atomic E-state index is 0.513. The predicted molar refractivity (Wildman–Crippen MR) is 79.9 cm³/mol. The molecule has 0 saturated heterocycles. The van der Waals surface area contributed by atoms with Gasteiger partial charge in [-0.3, -0.25) is 0 Å². The molecule has 1 N–H and O–H groups in total. The second kappa shape index (κ2) is 7.02. The summed E-state index contributed by atoms with van der Waals surface area (Å²) in [7, 11) is 0. The van der Waals surface area contributed by atoms with Gasteiger partial charge in [-0.2, -0.15) is 0 Å². The molecule has 96 valence electrons. The minimum Gasteiger partial charge on any atom is -0.468 e. The Balaban J connectivity index is 1.75. The molecule has 0 bridgehead atoms. The largest absolute Gasteiger partial charge is 0.468 e. The van der Waals surface area contributed by atoms with E-state index < -0.39 is 0 Å². The van der Waals surface area contributed by atoms with Crippen LogP contribution in [0, 0.1) is 0 Å². The lowest BCUT2D eigenvalue weighted by atomic mass is 10.4. The summed E-state index contributed by atoms with van der Waals surface area (Å²) >= 11 is 5.44. The first kappa shape index (κ1) is 13.7. The number of hydrogen-bond acceptors (Lipinski definition) is 3. The van der Waals surface area contributed by atoms with Gasteiger partial charge in [-0.1, -0.05) is 19.1 Å². The highest BCUT2D eigenvalue weighted by molar-refractivity contribution is 9.10. The van der Waals surface area contributed by atoms with Crippen molar-refractivity contribution in [2.24, 2.45) is 0 Å². The van der Waals surface area contributed by atoms with Gasteiger partial charge in [0, 0.05) is 21.2 Å². The van der Waals surface area contributed by atoms with Gasteiger partial charge in [-0.25, -0.2) is 0 Å². The monoisotopic (exact) mass is 325 g/mol. The van der Waals surface area contributed by atoms with E-state index in [1.807, 2.05) is 30.0 Å². The summed E-state index contributed by atoms with van der Waals surface area (Å²) in [4.78, 5) is 1.28. The molecule has 0 amide bonds. The third-order valence-electron chi connectivity index (χ3n) is 2.48. The summed E-state index contributed by atoms with van der Waals surface area (Å²) in [6.07, 6.45) is 1.70. The Kier molecular flexibility index (Phi) is 5.35. The Morgan fingerprint density at radius 1 is 1.28 bits per heavy atom. The third-order valence-corrected chi connectivity index (χ3v) is 4.61. The van der Waals surface area contributed by atoms with E-state index in [9.17, 15) is 0 Å². The van der Waals surface area contributed by atoms with Crippen molar-refractivity contribution in [2.75, 3.05) is 6.54 Å². The highest BCUT2D eigenvalue weighted by Gasteiger charge is 2.06. The van der Waals surface area contributed by atoms with Gasteiger partial charge in [0.2, 0.25) is 0 Å². The summed E-state index contributed by atoms with van der Waals surface area (Å²) in [6, 6.07) is 12.2. The fourth-order valence-corrected chi connectivity index (χ4v) is 3.15. The van der Waals surface area contributed by atoms with Gasteiger partial charge in [-0.15, -0.1) is 11.8 Å². The molecule has 1 atom stereocenters. The standard InChI is InChI=1S/C14H16BrNOS/c1-11(9-16-10-12-5-4-8-17-12)18-14-7-3-2-6-13(14)15/h2-8,11,16H,9-10H2,1H3. The third kappa shape index (κ3) is 4.19. The van der Waals surface area contributed by atoms with Crippen LogP contribution < -0.4 is 5.32 Å². The number of thioether (sulfide) groups is 1. The van der Waals surface area contributed by atoms with Crippen LogP contribution in [0.25, 0.3) is 0 Å². The molecule has 0 aliphatic heterocycles. The van der Waals surface area contributed by atoms with Gasteiger partial charge >= 0.3 is 0 Å². The highest BCUT2D eigenvalue weighted by Crippen LogP contribution is 2.29. The van der Waals surface area contributed by atoms with Crippen molar-refractivity contribution >= 4 is 27.7 Å². The highest BCUT2D eigenvalue weighted by atomic mass is 79.9. The number of rotatable bonds is 6. The van der Waals surface area contributed by atoms with Crippen molar-refractivity contribution in [2.45, 2.75) is 23.6 Å². The van der Waals surface area contributed by atoms with Crippen molar-refractivity contribution in [1.82, 2.24) is 5.32 Å². The van der Waals surface area contributed by atoms with E-state index in [0.29, 0.717) is 5.25 Å². The SMILES string of the molecule is CC(CNCc1ccco1)Sc1ccccc1Br.